The number of rotatable bonds is 2. The Morgan fingerprint density at radius 3 is 2.47 bits per heavy atom. The van der Waals surface area contributed by atoms with Crippen molar-refractivity contribution in [3.05, 3.63) is 45.2 Å². The van der Waals surface area contributed by atoms with Crippen LogP contribution < -0.4 is 5.73 Å². The Labute approximate surface area is 110 Å². The van der Waals surface area contributed by atoms with Gasteiger partial charge in [0.15, 0.2) is 0 Å². The molecule has 2 N–H and O–H groups in total. The second-order valence-corrected chi connectivity index (χ2v) is 5.26. The molecule has 90 valence electrons. The van der Waals surface area contributed by atoms with Crippen molar-refractivity contribution in [2.24, 2.45) is 0 Å². The molecule has 0 aliphatic rings. The molecule has 4 heteroatoms. The lowest BCUT2D eigenvalue weighted by Gasteiger charge is -2.06. The Bertz CT molecular complexity index is 538. The molecule has 0 aliphatic carbocycles. The van der Waals surface area contributed by atoms with Crippen molar-refractivity contribution in [1.29, 1.82) is 0 Å². The lowest BCUT2D eigenvalue weighted by Crippen LogP contribution is -2.04. The van der Waals surface area contributed by atoms with Crippen LogP contribution in [-0.2, 0) is 6.54 Å². The highest BCUT2D eigenvalue weighted by atomic mass is 79.9. The van der Waals surface area contributed by atoms with E-state index in [0.29, 0.717) is 0 Å². The van der Waals surface area contributed by atoms with Crippen LogP contribution in [0.25, 0.3) is 0 Å². The number of benzene rings is 1. The minimum Gasteiger partial charge on any atom is -0.399 e. The first-order chi connectivity index (χ1) is 7.97. The molecular formula is C13H16BrN3. The third kappa shape index (κ3) is 2.52. The first kappa shape index (κ1) is 12.2. The van der Waals surface area contributed by atoms with Crippen molar-refractivity contribution in [2.45, 2.75) is 27.3 Å². The van der Waals surface area contributed by atoms with E-state index in [1.807, 2.05) is 23.7 Å². The SMILES string of the molecule is Cc1nn(Cc2cc(N)cc(Br)c2)c(C)c1C. The summed E-state index contributed by atoms with van der Waals surface area (Å²) in [4.78, 5) is 0. The lowest BCUT2D eigenvalue weighted by molar-refractivity contribution is 0.658. The van der Waals surface area contributed by atoms with Gasteiger partial charge in [-0.05, 0) is 50.1 Å². The predicted octanol–water partition coefficient (Wildman–Crippen LogP) is 3.20. The van der Waals surface area contributed by atoms with Gasteiger partial charge in [0.2, 0.25) is 0 Å². The second kappa shape index (κ2) is 4.53. The molecule has 1 heterocycles. The summed E-state index contributed by atoms with van der Waals surface area (Å²) < 4.78 is 3.03. The van der Waals surface area contributed by atoms with Crippen molar-refractivity contribution in [1.82, 2.24) is 9.78 Å². The summed E-state index contributed by atoms with van der Waals surface area (Å²) >= 11 is 3.45. The van der Waals surface area contributed by atoms with Crippen molar-refractivity contribution in [2.75, 3.05) is 5.73 Å². The van der Waals surface area contributed by atoms with Gasteiger partial charge >= 0.3 is 0 Å². The summed E-state index contributed by atoms with van der Waals surface area (Å²) in [6.45, 7) is 6.98. The van der Waals surface area contributed by atoms with E-state index in [2.05, 4.69) is 40.9 Å². The van der Waals surface area contributed by atoms with Crippen LogP contribution in [-0.4, -0.2) is 9.78 Å². The zero-order chi connectivity index (χ0) is 12.6. The van der Waals surface area contributed by atoms with Gasteiger partial charge in [-0.2, -0.15) is 5.10 Å². The Balaban J connectivity index is 2.34. The van der Waals surface area contributed by atoms with E-state index in [4.69, 9.17) is 5.73 Å². The molecule has 0 fully saturated rings. The molecule has 0 amide bonds. The van der Waals surface area contributed by atoms with E-state index >= 15 is 0 Å². The second-order valence-electron chi connectivity index (χ2n) is 4.35. The largest absolute Gasteiger partial charge is 0.399 e. The zero-order valence-corrected chi connectivity index (χ0v) is 11.9. The Hall–Kier alpha value is -1.29. The van der Waals surface area contributed by atoms with Gasteiger partial charge in [-0.25, -0.2) is 0 Å². The smallest absolute Gasteiger partial charge is 0.0663 e. The van der Waals surface area contributed by atoms with Gasteiger partial charge in [-0.3, -0.25) is 4.68 Å². The van der Waals surface area contributed by atoms with Gasteiger partial charge in [0, 0.05) is 15.9 Å². The number of nitrogens with zero attached hydrogens (tertiary/aromatic N) is 2. The molecule has 3 nitrogen and oxygen atoms in total. The van der Waals surface area contributed by atoms with E-state index in [0.717, 1.165) is 28.0 Å². The third-order valence-electron chi connectivity index (χ3n) is 3.06. The average Bonchev–Trinajstić information content (AvgIpc) is 2.45. The van der Waals surface area contributed by atoms with E-state index in [1.165, 1.54) is 11.3 Å². The minimum absolute atomic E-state index is 0.754. The molecule has 0 bridgehead atoms. The number of aromatic nitrogens is 2. The van der Waals surface area contributed by atoms with Crippen LogP contribution in [0.1, 0.15) is 22.5 Å². The fraction of sp³-hybridized carbons (Fsp3) is 0.308. The van der Waals surface area contributed by atoms with Crippen molar-refractivity contribution in [3.8, 4) is 0 Å². The van der Waals surface area contributed by atoms with Crippen LogP contribution in [0.15, 0.2) is 22.7 Å². The molecule has 0 aliphatic heterocycles. The molecule has 1 aromatic carbocycles. The van der Waals surface area contributed by atoms with Crippen molar-refractivity contribution >= 4 is 21.6 Å². The maximum Gasteiger partial charge on any atom is 0.0663 e. The highest BCUT2D eigenvalue weighted by molar-refractivity contribution is 9.10. The van der Waals surface area contributed by atoms with Crippen molar-refractivity contribution in [3.63, 3.8) is 0 Å². The molecule has 0 atom stereocenters. The normalized spacial score (nSPS) is 10.8. The summed E-state index contributed by atoms with van der Waals surface area (Å²) in [5.41, 5.74) is 11.3. The number of hydrogen-bond donors (Lipinski definition) is 1. The van der Waals surface area contributed by atoms with Gasteiger partial charge in [-0.15, -0.1) is 0 Å². The minimum atomic E-state index is 0.754. The van der Waals surface area contributed by atoms with Gasteiger partial charge in [0.25, 0.3) is 0 Å². The zero-order valence-electron chi connectivity index (χ0n) is 10.3. The molecule has 0 saturated carbocycles. The number of hydrogen-bond acceptors (Lipinski definition) is 2. The average molecular weight is 294 g/mol. The van der Waals surface area contributed by atoms with Crippen LogP contribution in [0.3, 0.4) is 0 Å². The van der Waals surface area contributed by atoms with E-state index in [1.54, 1.807) is 0 Å². The summed E-state index contributed by atoms with van der Waals surface area (Å²) in [7, 11) is 0. The summed E-state index contributed by atoms with van der Waals surface area (Å²) in [5, 5.41) is 4.52. The fourth-order valence-electron chi connectivity index (χ4n) is 1.88. The fourth-order valence-corrected chi connectivity index (χ4v) is 2.44. The lowest BCUT2D eigenvalue weighted by atomic mass is 10.2. The third-order valence-corrected chi connectivity index (χ3v) is 3.51. The Morgan fingerprint density at radius 2 is 1.94 bits per heavy atom. The molecular weight excluding hydrogens is 278 g/mol. The van der Waals surface area contributed by atoms with Crippen LogP contribution in [0.4, 0.5) is 5.69 Å². The molecule has 1 aromatic heterocycles. The van der Waals surface area contributed by atoms with Crippen LogP contribution >= 0.6 is 15.9 Å². The monoisotopic (exact) mass is 293 g/mol. The summed E-state index contributed by atoms with van der Waals surface area (Å²) in [6.07, 6.45) is 0. The Kier molecular flexibility index (Phi) is 3.24. The first-order valence-electron chi connectivity index (χ1n) is 5.53. The maximum atomic E-state index is 5.83. The highest BCUT2D eigenvalue weighted by Crippen LogP contribution is 2.19. The quantitative estimate of drug-likeness (QED) is 0.864. The van der Waals surface area contributed by atoms with E-state index < -0.39 is 0 Å². The number of nitrogen functional groups attached to an aromatic ring is 1. The first-order valence-corrected chi connectivity index (χ1v) is 6.32. The van der Waals surface area contributed by atoms with Crippen LogP contribution in [0, 0.1) is 20.8 Å². The molecule has 2 rings (SSSR count). The number of halogens is 1. The van der Waals surface area contributed by atoms with Crippen LogP contribution in [0.2, 0.25) is 0 Å². The Morgan fingerprint density at radius 1 is 1.24 bits per heavy atom. The molecule has 2 aromatic rings. The van der Waals surface area contributed by atoms with Gasteiger partial charge in [-0.1, -0.05) is 15.9 Å². The van der Waals surface area contributed by atoms with Gasteiger partial charge in [0.05, 0.1) is 12.2 Å². The standard InChI is InChI=1S/C13H16BrN3/c1-8-9(2)16-17(10(8)3)7-11-4-12(14)6-13(15)5-11/h4-6H,7,15H2,1-3H3. The van der Waals surface area contributed by atoms with Crippen molar-refractivity contribution < 1.29 is 0 Å². The summed E-state index contributed by atoms with van der Waals surface area (Å²) in [6, 6.07) is 5.95. The number of nitrogens with two attached hydrogens (primary N) is 1. The maximum absolute atomic E-state index is 5.83. The molecule has 0 saturated heterocycles. The van der Waals surface area contributed by atoms with Gasteiger partial charge in [0.1, 0.15) is 0 Å². The highest BCUT2D eigenvalue weighted by Gasteiger charge is 2.08. The molecule has 0 unspecified atom stereocenters. The predicted molar refractivity (Wildman–Crippen MR) is 74.1 cm³/mol. The van der Waals surface area contributed by atoms with Gasteiger partial charge < -0.3 is 5.73 Å². The number of anilines is 1. The molecule has 0 spiro atoms. The molecule has 17 heavy (non-hydrogen) atoms. The van der Waals surface area contributed by atoms with Crippen LogP contribution in [0.5, 0.6) is 0 Å². The topological polar surface area (TPSA) is 43.8 Å². The summed E-state index contributed by atoms with van der Waals surface area (Å²) in [5.74, 6) is 0. The number of aryl methyl sites for hydroxylation is 1. The van der Waals surface area contributed by atoms with E-state index in [9.17, 15) is 0 Å². The van der Waals surface area contributed by atoms with E-state index in [-0.39, 0.29) is 0 Å². The molecule has 0 radical (unpaired) electrons.